The molecule has 1 aliphatic rings. The van der Waals surface area contributed by atoms with Gasteiger partial charge in [-0.05, 0) is 54.6 Å². The van der Waals surface area contributed by atoms with Gasteiger partial charge in [-0.1, -0.05) is 23.7 Å². The average Bonchev–Trinajstić information content (AvgIpc) is 3.38. The number of carbonyl (C=O) groups is 1. The van der Waals surface area contributed by atoms with Crippen molar-refractivity contribution in [3.8, 4) is 22.7 Å². The highest BCUT2D eigenvalue weighted by Crippen LogP contribution is 2.29. The van der Waals surface area contributed by atoms with E-state index in [-0.39, 0.29) is 11.6 Å². The molecule has 0 saturated carbocycles. The molecule has 4 aromatic rings. The van der Waals surface area contributed by atoms with Crippen molar-refractivity contribution in [3.63, 3.8) is 0 Å². The van der Waals surface area contributed by atoms with E-state index in [0.29, 0.717) is 53.8 Å². The monoisotopic (exact) mass is 517 g/mol. The normalized spacial score (nSPS) is 13.5. The van der Waals surface area contributed by atoms with Gasteiger partial charge < -0.3 is 14.5 Å². The third-order valence-corrected chi connectivity index (χ3v) is 6.62. The molecule has 188 valence electrons. The molecule has 1 aliphatic heterocycles. The molecular formula is C27H24ClN5O4. The van der Waals surface area contributed by atoms with E-state index in [9.17, 15) is 14.9 Å². The van der Waals surface area contributed by atoms with Crippen LogP contribution in [-0.2, 0) is 0 Å². The average molecular weight is 518 g/mol. The lowest BCUT2D eigenvalue weighted by atomic mass is 10.1. The first-order valence-corrected chi connectivity index (χ1v) is 12.1. The summed E-state index contributed by atoms with van der Waals surface area (Å²) < 4.78 is 7.10. The van der Waals surface area contributed by atoms with Crippen LogP contribution in [0.3, 0.4) is 0 Å². The van der Waals surface area contributed by atoms with Gasteiger partial charge in [0.25, 0.3) is 11.6 Å². The highest BCUT2D eigenvalue weighted by Gasteiger charge is 2.27. The third-order valence-electron chi connectivity index (χ3n) is 6.37. The topological polar surface area (TPSA) is 93.7 Å². The number of nitro benzene ring substituents is 1. The predicted molar refractivity (Wildman–Crippen MR) is 142 cm³/mol. The number of nitrogens with zero attached hydrogens (tertiary/aromatic N) is 5. The number of hydrogen-bond donors (Lipinski definition) is 0. The minimum Gasteiger partial charge on any atom is -0.495 e. The standard InChI is InChI=1S/C27H24ClN5O4/c1-37-26-5-3-2-4-24(26)30-14-16-31(17-15-30)27(34)25-18-23(19-6-10-22(11-7-19)33(35)36)29-32(25)21-12-8-20(28)9-13-21/h2-13,18H,14-17H2,1H3. The number of piperazine rings is 1. The first kappa shape index (κ1) is 24.3. The summed E-state index contributed by atoms with van der Waals surface area (Å²) in [6, 6.07) is 22.8. The zero-order valence-electron chi connectivity index (χ0n) is 20.1. The molecule has 1 amide bonds. The largest absolute Gasteiger partial charge is 0.495 e. The molecule has 1 aromatic heterocycles. The molecule has 0 N–H and O–H groups in total. The number of benzene rings is 3. The minimum absolute atomic E-state index is 0.00917. The molecule has 37 heavy (non-hydrogen) atoms. The predicted octanol–water partition coefficient (Wildman–Crippen LogP) is 5.07. The highest BCUT2D eigenvalue weighted by atomic mass is 35.5. The number of hydrogen-bond acceptors (Lipinski definition) is 6. The summed E-state index contributed by atoms with van der Waals surface area (Å²) in [5.41, 5.74) is 3.30. The number of halogens is 1. The lowest BCUT2D eigenvalue weighted by molar-refractivity contribution is -0.384. The molecule has 2 heterocycles. The van der Waals surface area contributed by atoms with Gasteiger partial charge in [-0.2, -0.15) is 5.10 Å². The summed E-state index contributed by atoms with van der Waals surface area (Å²) in [5.74, 6) is 0.658. The van der Waals surface area contributed by atoms with Crippen LogP contribution >= 0.6 is 11.6 Å². The van der Waals surface area contributed by atoms with Gasteiger partial charge in [0.05, 0.1) is 29.1 Å². The van der Waals surface area contributed by atoms with Crippen LogP contribution in [0.25, 0.3) is 16.9 Å². The fourth-order valence-corrected chi connectivity index (χ4v) is 4.54. The summed E-state index contributed by atoms with van der Waals surface area (Å²) in [7, 11) is 1.65. The SMILES string of the molecule is COc1ccccc1N1CCN(C(=O)c2cc(-c3ccc([N+](=O)[O-])cc3)nn2-c2ccc(Cl)cc2)CC1. The second-order valence-electron chi connectivity index (χ2n) is 8.56. The van der Waals surface area contributed by atoms with Gasteiger partial charge in [0.2, 0.25) is 0 Å². The van der Waals surface area contributed by atoms with Crippen LogP contribution in [0, 0.1) is 10.1 Å². The molecule has 1 saturated heterocycles. The molecule has 5 rings (SSSR count). The van der Waals surface area contributed by atoms with Crippen LogP contribution in [0.15, 0.2) is 78.9 Å². The molecule has 0 radical (unpaired) electrons. The van der Waals surface area contributed by atoms with E-state index < -0.39 is 4.92 Å². The number of rotatable bonds is 6. The quantitative estimate of drug-likeness (QED) is 0.262. The molecule has 1 fully saturated rings. The molecule has 10 heteroatoms. The number of para-hydroxylation sites is 2. The molecule has 0 aliphatic carbocycles. The first-order chi connectivity index (χ1) is 17.9. The Hall–Kier alpha value is -4.37. The van der Waals surface area contributed by atoms with Crippen molar-refractivity contribution in [2.45, 2.75) is 0 Å². The number of non-ortho nitro benzene ring substituents is 1. The second kappa shape index (κ2) is 10.3. The smallest absolute Gasteiger partial charge is 0.272 e. The van der Waals surface area contributed by atoms with Crippen molar-refractivity contribution in [2.75, 3.05) is 38.2 Å². The van der Waals surface area contributed by atoms with E-state index in [4.69, 9.17) is 16.3 Å². The van der Waals surface area contributed by atoms with Crippen LogP contribution in [0.1, 0.15) is 10.5 Å². The van der Waals surface area contributed by atoms with E-state index in [1.54, 1.807) is 54.3 Å². The zero-order chi connectivity index (χ0) is 25.9. The van der Waals surface area contributed by atoms with Crippen LogP contribution in [0.4, 0.5) is 11.4 Å². The van der Waals surface area contributed by atoms with Crippen molar-refractivity contribution in [1.29, 1.82) is 0 Å². The first-order valence-electron chi connectivity index (χ1n) is 11.7. The van der Waals surface area contributed by atoms with Gasteiger partial charge >= 0.3 is 0 Å². The molecule has 0 unspecified atom stereocenters. The Labute approximate surface area is 218 Å². The molecular weight excluding hydrogens is 494 g/mol. The van der Waals surface area contributed by atoms with Crippen molar-refractivity contribution < 1.29 is 14.5 Å². The Morgan fingerprint density at radius 3 is 2.30 bits per heavy atom. The number of aromatic nitrogens is 2. The van der Waals surface area contributed by atoms with E-state index in [1.165, 1.54) is 12.1 Å². The Morgan fingerprint density at radius 2 is 1.65 bits per heavy atom. The molecule has 0 atom stereocenters. The van der Waals surface area contributed by atoms with E-state index in [0.717, 1.165) is 11.4 Å². The third kappa shape index (κ3) is 4.99. The summed E-state index contributed by atoms with van der Waals surface area (Å²) in [4.78, 5) is 28.3. The number of amides is 1. The fourth-order valence-electron chi connectivity index (χ4n) is 4.41. The number of nitro groups is 1. The lowest BCUT2D eigenvalue weighted by Crippen LogP contribution is -2.49. The van der Waals surface area contributed by atoms with Gasteiger partial charge in [0.1, 0.15) is 11.4 Å². The Morgan fingerprint density at radius 1 is 0.973 bits per heavy atom. The van der Waals surface area contributed by atoms with Crippen molar-refractivity contribution >= 4 is 28.9 Å². The van der Waals surface area contributed by atoms with Gasteiger partial charge in [-0.15, -0.1) is 0 Å². The summed E-state index contributed by atoms with van der Waals surface area (Å²) in [5, 5.41) is 16.3. The minimum atomic E-state index is -0.449. The summed E-state index contributed by atoms with van der Waals surface area (Å²) in [6.45, 7) is 2.40. The highest BCUT2D eigenvalue weighted by molar-refractivity contribution is 6.30. The fraction of sp³-hybridized carbons (Fsp3) is 0.185. The van der Waals surface area contributed by atoms with Crippen LogP contribution < -0.4 is 9.64 Å². The van der Waals surface area contributed by atoms with Gasteiger partial charge in [0.15, 0.2) is 0 Å². The Kier molecular flexibility index (Phi) is 6.78. The zero-order valence-corrected chi connectivity index (χ0v) is 20.8. The van der Waals surface area contributed by atoms with Gasteiger partial charge in [0, 0.05) is 48.9 Å². The second-order valence-corrected chi connectivity index (χ2v) is 8.99. The molecule has 9 nitrogen and oxygen atoms in total. The maximum absolute atomic E-state index is 13.7. The van der Waals surface area contributed by atoms with Crippen LogP contribution in [0.5, 0.6) is 5.75 Å². The number of methoxy groups -OCH3 is 1. The van der Waals surface area contributed by atoms with E-state index >= 15 is 0 Å². The summed E-state index contributed by atoms with van der Waals surface area (Å²) >= 11 is 6.08. The van der Waals surface area contributed by atoms with Crippen LogP contribution in [0.2, 0.25) is 5.02 Å². The number of ether oxygens (including phenoxy) is 1. The van der Waals surface area contributed by atoms with Gasteiger partial charge in [-0.25, -0.2) is 4.68 Å². The van der Waals surface area contributed by atoms with Crippen molar-refractivity contribution in [2.24, 2.45) is 0 Å². The van der Waals surface area contributed by atoms with E-state index in [2.05, 4.69) is 10.00 Å². The summed E-state index contributed by atoms with van der Waals surface area (Å²) in [6.07, 6.45) is 0. The van der Waals surface area contributed by atoms with Crippen LogP contribution in [-0.4, -0.2) is 58.8 Å². The van der Waals surface area contributed by atoms with Gasteiger partial charge in [-0.3, -0.25) is 14.9 Å². The molecule has 0 bridgehead atoms. The maximum Gasteiger partial charge on any atom is 0.272 e. The molecule has 3 aromatic carbocycles. The number of anilines is 1. The maximum atomic E-state index is 13.7. The lowest BCUT2D eigenvalue weighted by Gasteiger charge is -2.36. The van der Waals surface area contributed by atoms with Crippen molar-refractivity contribution in [1.82, 2.24) is 14.7 Å². The van der Waals surface area contributed by atoms with E-state index in [1.807, 2.05) is 29.2 Å². The number of carbonyl (C=O) groups excluding carboxylic acids is 1. The Bertz CT molecular complexity index is 1430. The molecule has 0 spiro atoms. The Balaban J connectivity index is 1.43. The van der Waals surface area contributed by atoms with Crippen molar-refractivity contribution in [3.05, 3.63) is 99.7 Å².